The molecule has 2 heteroatoms. The molecule has 0 saturated heterocycles. The van der Waals surface area contributed by atoms with Gasteiger partial charge >= 0.3 is 0 Å². The minimum Gasteiger partial charge on any atom is -0.372 e. The highest BCUT2D eigenvalue weighted by Crippen LogP contribution is 2.34. The first-order chi connectivity index (χ1) is 7.69. The zero-order valence-corrected chi connectivity index (χ0v) is 10.4. The average molecular weight is 215 g/mol. The number of hydrogen-bond donors (Lipinski definition) is 1. The van der Waals surface area contributed by atoms with Crippen molar-refractivity contribution in [3.8, 4) is 0 Å². The van der Waals surface area contributed by atoms with Gasteiger partial charge in [0.1, 0.15) is 0 Å². The fraction of sp³-hybridized carbons (Fsp3) is 0.429. The van der Waals surface area contributed by atoms with Crippen molar-refractivity contribution in [3.05, 3.63) is 48.6 Å². The summed E-state index contributed by atoms with van der Waals surface area (Å²) in [5, 5.41) is 0.0597. The summed E-state index contributed by atoms with van der Waals surface area (Å²) in [7, 11) is 0.684. The van der Waals surface area contributed by atoms with E-state index in [-0.39, 0.29) is 5.31 Å². The molecule has 1 rings (SSSR count). The van der Waals surface area contributed by atoms with Crippen molar-refractivity contribution in [2.24, 2.45) is 11.6 Å². The Labute approximate surface area is 100 Å². The van der Waals surface area contributed by atoms with E-state index >= 15 is 0 Å². The SMILES string of the molecule is C=CCC(CC)C(C)(BN)c1ccccc1. The second-order valence-corrected chi connectivity index (χ2v) is 4.62. The van der Waals surface area contributed by atoms with E-state index < -0.39 is 0 Å². The van der Waals surface area contributed by atoms with Crippen molar-refractivity contribution in [1.29, 1.82) is 0 Å². The molecular formula is C14H22BN. The molecule has 0 aliphatic heterocycles. The summed E-state index contributed by atoms with van der Waals surface area (Å²) in [4.78, 5) is 0. The zero-order chi connectivity index (χ0) is 12.0. The summed E-state index contributed by atoms with van der Waals surface area (Å²) in [6.45, 7) is 8.34. The predicted molar refractivity (Wildman–Crippen MR) is 73.7 cm³/mol. The smallest absolute Gasteiger partial charge is 0.209 e. The molecule has 0 aliphatic carbocycles. The van der Waals surface area contributed by atoms with Gasteiger partial charge in [-0.25, -0.2) is 0 Å². The van der Waals surface area contributed by atoms with Crippen molar-refractivity contribution in [2.45, 2.75) is 32.0 Å². The van der Waals surface area contributed by atoms with Crippen molar-refractivity contribution in [1.82, 2.24) is 0 Å². The van der Waals surface area contributed by atoms with Gasteiger partial charge in [-0.2, -0.15) is 0 Å². The number of benzene rings is 1. The molecule has 2 atom stereocenters. The number of rotatable bonds is 6. The van der Waals surface area contributed by atoms with Gasteiger partial charge in [-0.3, -0.25) is 0 Å². The van der Waals surface area contributed by atoms with Gasteiger partial charge in [-0.15, -0.1) is 6.58 Å². The van der Waals surface area contributed by atoms with Gasteiger partial charge in [0.2, 0.25) is 7.41 Å². The van der Waals surface area contributed by atoms with E-state index in [0.717, 1.165) is 12.8 Å². The highest BCUT2D eigenvalue weighted by molar-refractivity contribution is 6.36. The molecule has 16 heavy (non-hydrogen) atoms. The van der Waals surface area contributed by atoms with Gasteiger partial charge in [0.25, 0.3) is 0 Å². The van der Waals surface area contributed by atoms with E-state index in [0.29, 0.717) is 13.3 Å². The lowest BCUT2D eigenvalue weighted by Gasteiger charge is -2.36. The highest BCUT2D eigenvalue weighted by Gasteiger charge is 2.33. The molecule has 2 unspecified atom stereocenters. The third-order valence-electron chi connectivity index (χ3n) is 3.70. The molecule has 0 saturated carbocycles. The third kappa shape index (κ3) is 2.56. The molecule has 2 N–H and O–H groups in total. The molecular weight excluding hydrogens is 193 g/mol. The maximum absolute atomic E-state index is 6.01. The van der Waals surface area contributed by atoms with Crippen LogP contribution in [0.2, 0.25) is 0 Å². The van der Waals surface area contributed by atoms with Gasteiger partial charge in [0.15, 0.2) is 0 Å². The maximum Gasteiger partial charge on any atom is 0.209 e. The lowest BCUT2D eigenvalue weighted by atomic mass is 9.51. The number of hydrogen-bond acceptors (Lipinski definition) is 1. The van der Waals surface area contributed by atoms with E-state index in [2.05, 4.69) is 50.8 Å². The summed E-state index contributed by atoms with van der Waals surface area (Å²) < 4.78 is 0. The van der Waals surface area contributed by atoms with Gasteiger partial charge < -0.3 is 5.64 Å². The third-order valence-corrected chi connectivity index (χ3v) is 3.70. The van der Waals surface area contributed by atoms with Crippen LogP contribution < -0.4 is 5.64 Å². The van der Waals surface area contributed by atoms with Crippen LogP contribution in [-0.2, 0) is 5.31 Å². The Bertz CT molecular complexity index is 323. The lowest BCUT2D eigenvalue weighted by molar-refractivity contribution is 0.385. The van der Waals surface area contributed by atoms with E-state index in [1.54, 1.807) is 0 Å². The van der Waals surface area contributed by atoms with Gasteiger partial charge in [-0.1, -0.05) is 56.7 Å². The number of nitrogens with two attached hydrogens (primary N) is 1. The van der Waals surface area contributed by atoms with Crippen LogP contribution in [0, 0.1) is 5.92 Å². The molecule has 1 nitrogen and oxygen atoms in total. The number of allylic oxidation sites excluding steroid dienone is 1. The van der Waals surface area contributed by atoms with Crippen LogP contribution in [0.5, 0.6) is 0 Å². The van der Waals surface area contributed by atoms with Gasteiger partial charge in [0, 0.05) is 0 Å². The molecule has 0 aliphatic rings. The lowest BCUT2D eigenvalue weighted by Crippen LogP contribution is -2.42. The Kier molecular flexibility index (Phi) is 4.82. The molecule has 0 bridgehead atoms. The van der Waals surface area contributed by atoms with Crippen LogP contribution >= 0.6 is 0 Å². The van der Waals surface area contributed by atoms with Crippen LogP contribution in [0.15, 0.2) is 43.0 Å². The van der Waals surface area contributed by atoms with Crippen molar-refractivity contribution in [3.63, 3.8) is 0 Å². The summed E-state index contributed by atoms with van der Waals surface area (Å²) in [5.41, 5.74) is 7.35. The minimum absolute atomic E-state index is 0.0597. The van der Waals surface area contributed by atoms with Gasteiger partial charge in [-0.05, 0) is 23.2 Å². The first-order valence-corrected chi connectivity index (χ1v) is 6.05. The molecule has 0 radical (unpaired) electrons. The predicted octanol–water partition coefficient (Wildman–Crippen LogP) is 2.81. The monoisotopic (exact) mass is 215 g/mol. The summed E-state index contributed by atoms with van der Waals surface area (Å²) in [6.07, 6.45) is 4.17. The van der Waals surface area contributed by atoms with Crippen LogP contribution in [0.4, 0.5) is 0 Å². The first-order valence-electron chi connectivity index (χ1n) is 6.05. The van der Waals surface area contributed by atoms with E-state index in [4.69, 9.17) is 5.64 Å². The van der Waals surface area contributed by atoms with Crippen molar-refractivity contribution in [2.75, 3.05) is 0 Å². The standard InChI is InChI=1S/C14H22BN/c1-4-9-12(5-2)14(3,15-16)13-10-7-6-8-11-13/h4,6-8,10-12,15H,1,5,9,16H2,2-3H3. The highest BCUT2D eigenvalue weighted by atomic mass is 14.4. The van der Waals surface area contributed by atoms with Crippen molar-refractivity contribution >= 4 is 7.41 Å². The second kappa shape index (κ2) is 5.90. The summed E-state index contributed by atoms with van der Waals surface area (Å²) >= 11 is 0. The molecule has 0 fully saturated rings. The Morgan fingerprint density at radius 1 is 1.44 bits per heavy atom. The Hall–Kier alpha value is -1.02. The Balaban J connectivity index is 3.04. The summed E-state index contributed by atoms with van der Waals surface area (Å²) in [6, 6.07) is 10.6. The second-order valence-electron chi connectivity index (χ2n) is 4.62. The largest absolute Gasteiger partial charge is 0.372 e. The van der Waals surface area contributed by atoms with Crippen LogP contribution in [0.3, 0.4) is 0 Å². The molecule has 0 aromatic heterocycles. The van der Waals surface area contributed by atoms with Crippen LogP contribution in [-0.4, -0.2) is 7.41 Å². The molecule has 86 valence electrons. The topological polar surface area (TPSA) is 26.0 Å². The van der Waals surface area contributed by atoms with E-state index in [1.165, 1.54) is 5.56 Å². The first kappa shape index (κ1) is 13.1. The van der Waals surface area contributed by atoms with Crippen LogP contribution in [0.25, 0.3) is 0 Å². The van der Waals surface area contributed by atoms with Crippen molar-refractivity contribution < 1.29 is 0 Å². The van der Waals surface area contributed by atoms with E-state index in [9.17, 15) is 0 Å². The summed E-state index contributed by atoms with van der Waals surface area (Å²) in [5.74, 6) is 0.567. The Morgan fingerprint density at radius 2 is 2.06 bits per heavy atom. The minimum atomic E-state index is 0.0597. The molecule has 0 spiro atoms. The van der Waals surface area contributed by atoms with Gasteiger partial charge in [0.05, 0.1) is 0 Å². The fourth-order valence-electron chi connectivity index (χ4n) is 2.42. The van der Waals surface area contributed by atoms with E-state index in [1.807, 2.05) is 6.08 Å². The zero-order valence-electron chi connectivity index (χ0n) is 10.4. The molecule has 0 heterocycles. The molecule has 1 aromatic rings. The average Bonchev–Trinajstić information content (AvgIpc) is 2.36. The molecule has 1 aromatic carbocycles. The van der Waals surface area contributed by atoms with Crippen LogP contribution in [0.1, 0.15) is 32.3 Å². The molecule has 0 amide bonds. The quantitative estimate of drug-likeness (QED) is 0.573. The Morgan fingerprint density at radius 3 is 2.50 bits per heavy atom. The normalized spacial score (nSPS) is 16.2. The fourth-order valence-corrected chi connectivity index (χ4v) is 2.42. The maximum atomic E-state index is 6.01.